The van der Waals surface area contributed by atoms with E-state index in [-0.39, 0.29) is 18.2 Å². The summed E-state index contributed by atoms with van der Waals surface area (Å²) < 4.78 is 0.891. The fourth-order valence-corrected chi connectivity index (χ4v) is 2.86. The van der Waals surface area contributed by atoms with Gasteiger partial charge < -0.3 is 10.6 Å². The molecule has 0 fully saturated rings. The molecule has 26 heavy (non-hydrogen) atoms. The highest BCUT2D eigenvalue weighted by Gasteiger charge is 2.22. The van der Waals surface area contributed by atoms with Crippen molar-refractivity contribution in [3.63, 3.8) is 0 Å². The van der Waals surface area contributed by atoms with Gasteiger partial charge in [0, 0.05) is 21.4 Å². The van der Waals surface area contributed by atoms with Gasteiger partial charge in [0.25, 0.3) is 5.91 Å². The number of Topliss-reactive ketones (excluding diaryl/α,β-unsaturated/α-hetero) is 1. The second-order valence-corrected chi connectivity index (χ2v) is 6.66. The van der Waals surface area contributed by atoms with E-state index in [0.29, 0.717) is 22.5 Å². The third-order valence-corrected chi connectivity index (χ3v) is 4.50. The van der Waals surface area contributed by atoms with Crippen LogP contribution in [-0.4, -0.2) is 18.2 Å². The van der Waals surface area contributed by atoms with Gasteiger partial charge in [-0.2, -0.15) is 0 Å². The third kappa shape index (κ3) is 4.00. The van der Waals surface area contributed by atoms with Crippen molar-refractivity contribution in [1.82, 2.24) is 0 Å². The Labute approximate surface area is 160 Å². The molecule has 2 N–H and O–H groups in total. The average Bonchev–Trinajstić information content (AvgIpc) is 2.67. The number of nitrogens with zero attached hydrogens (tertiary/aromatic N) is 1. The Morgan fingerprint density at radius 1 is 0.846 bits per heavy atom. The number of benzene rings is 3. The van der Waals surface area contributed by atoms with Crippen molar-refractivity contribution < 1.29 is 9.59 Å². The van der Waals surface area contributed by atoms with Crippen molar-refractivity contribution >= 4 is 39.0 Å². The van der Waals surface area contributed by atoms with Crippen LogP contribution in [0.4, 0.5) is 11.4 Å². The van der Waals surface area contributed by atoms with E-state index < -0.39 is 0 Å². The minimum absolute atomic E-state index is 0.0706. The summed E-state index contributed by atoms with van der Waals surface area (Å²) in [4.78, 5) is 27.2. The molecule has 3 aromatic carbocycles. The molecule has 0 aliphatic carbocycles. The number of para-hydroxylation sites is 2. The second-order valence-electron chi connectivity index (χ2n) is 5.74. The largest absolute Gasteiger partial charge is 0.398 e. The summed E-state index contributed by atoms with van der Waals surface area (Å²) in [5.74, 6) is -0.455. The van der Waals surface area contributed by atoms with Gasteiger partial charge in [0.2, 0.25) is 0 Å². The van der Waals surface area contributed by atoms with Crippen LogP contribution in [-0.2, 0) is 0 Å². The standard InChI is InChI=1S/C21H17BrN2O2/c22-16-12-10-15(11-13-16)20(25)14-24(17-6-2-1-3-7-17)21(26)18-8-4-5-9-19(18)23/h1-13H,14,23H2. The Morgan fingerprint density at radius 3 is 2.12 bits per heavy atom. The number of halogens is 1. The van der Waals surface area contributed by atoms with Gasteiger partial charge in [-0.05, 0) is 36.4 Å². The van der Waals surface area contributed by atoms with E-state index in [1.54, 1.807) is 60.7 Å². The normalized spacial score (nSPS) is 10.3. The summed E-state index contributed by atoms with van der Waals surface area (Å²) in [6.45, 7) is -0.0706. The molecule has 5 heteroatoms. The summed E-state index contributed by atoms with van der Waals surface area (Å²) >= 11 is 3.35. The van der Waals surface area contributed by atoms with Crippen LogP contribution in [0.25, 0.3) is 0 Å². The van der Waals surface area contributed by atoms with Crippen molar-refractivity contribution in [2.45, 2.75) is 0 Å². The Balaban J connectivity index is 1.94. The van der Waals surface area contributed by atoms with Gasteiger partial charge in [-0.1, -0.05) is 58.4 Å². The number of hydrogen-bond acceptors (Lipinski definition) is 3. The number of carbonyl (C=O) groups is 2. The summed E-state index contributed by atoms with van der Waals surface area (Å²) in [5.41, 5.74) is 7.91. The lowest BCUT2D eigenvalue weighted by molar-refractivity contribution is 0.0937. The molecule has 4 nitrogen and oxygen atoms in total. The van der Waals surface area contributed by atoms with Crippen LogP contribution in [0.15, 0.2) is 83.3 Å². The van der Waals surface area contributed by atoms with E-state index in [2.05, 4.69) is 15.9 Å². The lowest BCUT2D eigenvalue weighted by Crippen LogP contribution is -2.36. The highest BCUT2D eigenvalue weighted by atomic mass is 79.9. The summed E-state index contributed by atoms with van der Waals surface area (Å²) in [6.07, 6.45) is 0. The maximum atomic E-state index is 13.1. The van der Waals surface area contributed by atoms with Gasteiger partial charge in [-0.3, -0.25) is 9.59 Å². The van der Waals surface area contributed by atoms with Crippen LogP contribution in [0, 0.1) is 0 Å². The second kappa shape index (κ2) is 7.97. The van der Waals surface area contributed by atoms with Crippen molar-refractivity contribution in [3.8, 4) is 0 Å². The zero-order valence-corrected chi connectivity index (χ0v) is 15.5. The fraction of sp³-hybridized carbons (Fsp3) is 0.0476. The molecule has 0 radical (unpaired) electrons. The number of ketones is 1. The van der Waals surface area contributed by atoms with Gasteiger partial charge in [-0.15, -0.1) is 0 Å². The fourth-order valence-electron chi connectivity index (χ4n) is 2.60. The topological polar surface area (TPSA) is 63.4 Å². The Kier molecular flexibility index (Phi) is 5.49. The van der Waals surface area contributed by atoms with Crippen molar-refractivity contribution in [3.05, 3.63) is 94.5 Å². The molecule has 0 atom stereocenters. The number of nitrogen functional groups attached to an aromatic ring is 1. The molecule has 0 saturated carbocycles. The Morgan fingerprint density at radius 2 is 1.46 bits per heavy atom. The summed E-state index contributed by atoms with van der Waals surface area (Å²) in [5, 5.41) is 0. The summed E-state index contributed by atoms with van der Waals surface area (Å²) in [7, 11) is 0. The zero-order valence-electron chi connectivity index (χ0n) is 13.9. The van der Waals surface area contributed by atoms with E-state index >= 15 is 0 Å². The SMILES string of the molecule is Nc1ccccc1C(=O)N(CC(=O)c1ccc(Br)cc1)c1ccccc1. The van der Waals surface area contributed by atoms with Gasteiger partial charge in [0.05, 0.1) is 12.1 Å². The monoisotopic (exact) mass is 408 g/mol. The highest BCUT2D eigenvalue weighted by Crippen LogP contribution is 2.21. The first kappa shape index (κ1) is 17.9. The molecule has 0 aromatic heterocycles. The molecule has 0 bridgehead atoms. The average molecular weight is 409 g/mol. The summed E-state index contributed by atoms with van der Waals surface area (Å²) in [6, 6.07) is 23.0. The third-order valence-electron chi connectivity index (χ3n) is 3.97. The first-order valence-corrected chi connectivity index (χ1v) is 8.86. The van der Waals surface area contributed by atoms with E-state index in [4.69, 9.17) is 5.73 Å². The molecule has 0 aliphatic rings. The van der Waals surface area contributed by atoms with E-state index in [1.165, 1.54) is 4.90 Å². The van der Waals surface area contributed by atoms with Crippen molar-refractivity contribution in [2.75, 3.05) is 17.2 Å². The molecule has 3 aromatic rings. The lowest BCUT2D eigenvalue weighted by Gasteiger charge is -2.23. The Hall–Kier alpha value is -2.92. The quantitative estimate of drug-likeness (QED) is 0.496. The van der Waals surface area contributed by atoms with E-state index in [0.717, 1.165) is 4.47 Å². The molecule has 130 valence electrons. The zero-order chi connectivity index (χ0) is 18.5. The predicted octanol–water partition coefficient (Wildman–Crippen LogP) is 4.56. The van der Waals surface area contributed by atoms with Crippen molar-refractivity contribution in [1.29, 1.82) is 0 Å². The van der Waals surface area contributed by atoms with Crippen LogP contribution >= 0.6 is 15.9 Å². The first-order chi connectivity index (χ1) is 12.6. The highest BCUT2D eigenvalue weighted by molar-refractivity contribution is 9.10. The van der Waals surface area contributed by atoms with Gasteiger partial charge in [-0.25, -0.2) is 0 Å². The smallest absolute Gasteiger partial charge is 0.260 e. The molecular weight excluding hydrogens is 392 g/mol. The molecule has 0 aliphatic heterocycles. The lowest BCUT2D eigenvalue weighted by atomic mass is 10.1. The number of anilines is 2. The number of hydrogen-bond donors (Lipinski definition) is 1. The number of rotatable bonds is 5. The van der Waals surface area contributed by atoms with Gasteiger partial charge in [0.1, 0.15) is 0 Å². The van der Waals surface area contributed by atoms with Gasteiger partial charge in [0.15, 0.2) is 5.78 Å². The molecule has 1 amide bonds. The van der Waals surface area contributed by atoms with Crippen LogP contribution in [0.3, 0.4) is 0 Å². The van der Waals surface area contributed by atoms with E-state index in [9.17, 15) is 9.59 Å². The van der Waals surface area contributed by atoms with Crippen LogP contribution < -0.4 is 10.6 Å². The van der Waals surface area contributed by atoms with Gasteiger partial charge >= 0.3 is 0 Å². The molecular formula is C21H17BrN2O2. The predicted molar refractivity (Wildman–Crippen MR) is 107 cm³/mol. The molecule has 3 rings (SSSR count). The molecule has 0 spiro atoms. The number of carbonyl (C=O) groups excluding carboxylic acids is 2. The molecule has 0 heterocycles. The number of nitrogens with two attached hydrogens (primary N) is 1. The number of amides is 1. The minimum Gasteiger partial charge on any atom is -0.398 e. The van der Waals surface area contributed by atoms with Crippen LogP contribution in [0.1, 0.15) is 20.7 Å². The van der Waals surface area contributed by atoms with Crippen LogP contribution in [0.2, 0.25) is 0 Å². The molecule has 0 unspecified atom stereocenters. The van der Waals surface area contributed by atoms with Crippen LogP contribution in [0.5, 0.6) is 0 Å². The van der Waals surface area contributed by atoms with Crippen molar-refractivity contribution in [2.24, 2.45) is 0 Å². The first-order valence-electron chi connectivity index (χ1n) is 8.06. The minimum atomic E-state index is -0.306. The maximum absolute atomic E-state index is 13.1. The Bertz CT molecular complexity index is 924. The maximum Gasteiger partial charge on any atom is 0.260 e. The molecule has 0 saturated heterocycles. The van der Waals surface area contributed by atoms with E-state index in [1.807, 2.05) is 18.2 Å².